The van der Waals surface area contributed by atoms with E-state index in [1.807, 2.05) is 42.5 Å². The van der Waals surface area contributed by atoms with Crippen LogP contribution in [0.3, 0.4) is 0 Å². The van der Waals surface area contributed by atoms with Crippen LogP contribution in [0.2, 0.25) is 0 Å². The summed E-state index contributed by atoms with van der Waals surface area (Å²) in [5.41, 5.74) is 6.44. The summed E-state index contributed by atoms with van der Waals surface area (Å²) in [5.74, 6) is -0.198. The van der Waals surface area contributed by atoms with E-state index in [1.54, 1.807) is 6.07 Å². The van der Waals surface area contributed by atoms with Crippen LogP contribution in [0, 0.1) is 0 Å². The Morgan fingerprint density at radius 3 is 1.78 bits per heavy atom. The molecule has 3 aromatic rings. The van der Waals surface area contributed by atoms with E-state index >= 15 is 0 Å². The smallest absolute Gasteiger partial charge is 0.188 e. The van der Waals surface area contributed by atoms with Crippen molar-refractivity contribution in [2.45, 2.75) is 5.92 Å². The summed E-state index contributed by atoms with van der Waals surface area (Å²) in [4.78, 5) is 12.2. The van der Waals surface area contributed by atoms with Crippen LogP contribution in [0.1, 0.15) is 33.0 Å². The highest BCUT2D eigenvalue weighted by Gasteiger charge is 2.31. The lowest BCUT2D eigenvalue weighted by atomic mass is 9.85. The van der Waals surface area contributed by atoms with Gasteiger partial charge in [0.15, 0.2) is 5.78 Å². The van der Waals surface area contributed by atoms with Crippen molar-refractivity contribution in [2.24, 2.45) is 0 Å². The van der Waals surface area contributed by atoms with Gasteiger partial charge in [-0.3, -0.25) is 4.79 Å². The summed E-state index contributed by atoms with van der Waals surface area (Å²) < 4.78 is 0. The van der Waals surface area contributed by atoms with Crippen molar-refractivity contribution in [1.82, 2.24) is 0 Å². The molecule has 0 aromatic heterocycles. The Morgan fingerprint density at radius 1 is 0.739 bits per heavy atom. The molecule has 0 aliphatic heterocycles. The first-order chi connectivity index (χ1) is 11.3. The number of Topliss-reactive ketones (excluding diaryl/α,β-unsaturated/α-hetero) is 1. The molecule has 3 aromatic carbocycles. The molecular formula is C21H16O2. The van der Waals surface area contributed by atoms with Crippen LogP contribution in [0.4, 0.5) is 0 Å². The van der Waals surface area contributed by atoms with E-state index in [0.29, 0.717) is 5.56 Å². The molecule has 4 rings (SSSR count). The lowest BCUT2D eigenvalue weighted by molar-refractivity contribution is 0.0902. The van der Waals surface area contributed by atoms with E-state index in [2.05, 4.69) is 24.3 Å². The third-order valence-electron chi connectivity index (χ3n) is 4.55. The Kier molecular flexibility index (Phi) is 3.32. The number of fused-ring (bicyclic) bond motifs is 3. The van der Waals surface area contributed by atoms with Crippen LogP contribution in [0.25, 0.3) is 11.1 Å². The summed E-state index contributed by atoms with van der Waals surface area (Å²) in [6.07, 6.45) is 0. The molecule has 0 saturated carbocycles. The highest BCUT2D eigenvalue weighted by atomic mass is 16.3. The lowest BCUT2D eigenvalue weighted by Crippen LogP contribution is -2.11. The normalized spacial score (nSPS) is 12.7. The van der Waals surface area contributed by atoms with Crippen LogP contribution in [0.5, 0.6) is 0 Å². The molecule has 1 aliphatic carbocycles. The molecule has 0 unspecified atom stereocenters. The fourth-order valence-electron chi connectivity index (χ4n) is 3.58. The van der Waals surface area contributed by atoms with E-state index in [9.17, 15) is 9.90 Å². The zero-order chi connectivity index (χ0) is 15.8. The highest BCUT2D eigenvalue weighted by molar-refractivity contribution is 5.99. The minimum Gasteiger partial charge on any atom is -0.388 e. The quantitative estimate of drug-likeness (QED) is 0.580. The zero-order valence-electron chi connectivity index (χ0n) is 12.6. The molecule has 0 bridgehead atoms. The zero-order valence-corrected chi connectivity index (χ0v) is 12.6. The van der Waals surface area contributed by atoms with Crippen molar-refractivity contribution in [3.8, 4) is 11.1 Å². The van der Waals surface area contributed by atoms with Gasteiger partial charge in [0.25, 0.3) is 0 Å². The van der Waals surface area contributed by atoms with Gasteiger partial charge in [-0.15, -0.1) is 0 Å². The maximum absolute atomic E-state index is 12.2. The Balaban J connectivity index is 1.99. The van der Waals surface area contributed by atoms with Crippen molar-refractivity contribution < 1.29 is 9.90 Å². The number of rotatable bonds is 3. The molecule has 1 aliphatic rings. The first-order valence-corrected chi connectivity index (χ1v) is 7.72. The summed E-state index contributed by atoms with van der Waals surface area (Å²) in [6.45, 7) is -0.465. The monoisotopic (exact) mass is 300 g/mol. The van der Waals surface area contributed by atoms with Crippen molar-refractivity contribution in [2.75, 3.05) is 6.61 Å². The Morgan fingerprint density at radius 2 is 1.22 bits per heavy atom. The Bertz CT molecular complexity index is 850. The first kappa shape index (κ1) is 13.9. The van der Waals surface area contributed by atoms with Crippen molar-refractivity contribution in [3.05, 3.63) is 95.1 Å². The molecule has 0 amide bonds. The number of aliphatic hydroxyl groups excluding tert-OH is 1. The fraction of sp³-hybridized carbons (Fsp3) is 0.0952. The molecule has 0 radical (unpaired) electrons. The van der Waals surface area contributed by atoms with Gasteiger partial charge in [0.2, 0.25) is 0 Å². The largest absolute Gasteiger partial charge is 0.388 e. The summed E-state index contributed by atoms with van der Waals surface area (Å²) in [7, 11) is 0. The first-order valence-electron chi connectivity index (χ1n) is 7.72. The van der Waals surface area contributed by atoms with Gasteiger partial charge in [-0.2, -0.15) is 0 Å². The average Bonchev–Trinajstić information content (AvgIpc) is 2.95. The molecule has 2 nitrogen and oxygen atoms in total. The SMILES string of the molecule is O=C(CO)c1ccccc1C1c2ccccc2-c2ccccc21. The number of carbonyl (C=O) groups is 1. The molecular weight excluding hydrogens is 284 g/mol. The molecule has 0 saturated heterocycles. The van der Waals surface area contributed by atoms with Crippen LogP contribution >= 0.6 is 0 Å². The van der Waals surface area contributed by atoms with Crippen molar-refractivity contribution >= 4 is 5.78 Å². The molecule has 0 spiro atoms. The number of hydrogen-bond donors (Lipinski definition) is 1. The number of benzene rings is 3. The van der Waals surface area contributed by atoms with E-state index < -0.39 is 6.61 Å². The number of aliphatic hydroxyl groups is 1. The number of hydrogen-bond acceptors (Lipinski definition) is 2. The Hall–Kier alpha value is -2.71. The van der Waals surface area contributed by atoms with Gasteiger partial charge in [-0.25, -0.2) is 0 Å². The summed E-state index contributed by atoms with van der Waals surface area (Å²) in [6, 6.07) is 24.3. The maximum atomic E-state index is 12.2. The molecule has 1 N–H and O–H groups in total. The van der Waals surface area contributed by atoms with Crippen LogP contribution in [-0.4, -0.2) is 17.5 Å². The second kappa shape index (κ2) is 5.49. The molecule has 23 heavy (non-hydrogen) atoms. The summed E-state index contributed by atoms with van der Waals surface area (Å²) in [5, 5.41) is 9.30. The topological polar surface area (TPSA) is 37.3 Å². The van der Waals surface area contributed by atoms with Crippen LogP contribution in [-0.2, 0) is 0 Å². The summed E-state index contributed by atoms with van der Waals surface area (Å²) >= 11 is 0. The van der Waals surface area contributed by atoms with E-state index in [1.165, 1.54) is 22.3 Å². The highest BCUT2D eigenvalue weighted by Crippen LogP contribution is 2.48. The predicted octanol–water partition coefficient (Wildman–Crippen LogP) is 4.02. The van der Waals surface area contributed by atoms with E-state index in [-0.39, 0.29) is 11.7 Å². The number of carbonyl (C=O) groups excluding carboxylic acids is 1. The van der Waals surface area contributed by atoms with Gasteiger partial charge in [-0.1, -0.05) is 72.8 Å². The molecule has 0 atom stereocenters. The molecule has 2 heteroatoms. The average molecular weight is 300 g/mol. The standard InChI is InChI=1S/C21H16O2/c22-13-20(23)16-9-3-6-12-19(16)21-17-10-4-1-7-14(17)15-8-2-5-11-18(15)21/h1-12,21-22H,13H2. The Labute approximate surface area is 135 Å². The maximum Gasteiger partial charge on any atom is 0.188 e. The molecule has 0 fully saturated rings. The minimum atomic E-state index is -0.465. The third-order valence-corrected chi connectivity index (χ3v) is 4.55. The van der Waals surface area contributed by atoms with Gasteiger partial charge >= 0.3 is 0 Å². The predicted molar refractivity (Wildman–Crippen MR) is 90.7 cm³/mol. The lowest BCUT2D eigenvalue weighted by Gasteiger charge is -2.17. The second-order valence-electron chi connectivity index (χ2n) is 5.78. The molecule has 0 heterocycles. The van der Waals surface area contributed by atoms with Gasteiger partial charge in [-0.05, 0) is 27.8 Å². The van der Waals surface area contributed by atoms with Gasteiger partial charge in [0.1, 0.15) is 6.61 Å². The minimum absolute atomic E-state index is 0.0362. The van der Waals surface area contributed by atoms with E-state index in [4.69, 9.17) is 0 Å². The molecule has 112 valence electrons. The fourth-order valence-corrected chi connectivity index (χ4v) is 3.58. The van der Waals surface area contributed by atoms with Gasteiger partial charge < -0.3 is 5.11 Å². The van der Waals surface area contributed by atoms with Gasteiger partial charge in [0, 0.05) is 11.5 Å². The van der Waals surface area contributed by atoms with Crippen molar-refractivity contribution in [1.29, 1.82) is 0 Å². The van der Waals surface area contributed by atoms with Crippen LogP contribution < -0.4 is 0 Å². The third kappa shape index (κ3) is 2.11. The van der Waals surface area contributed by atoms with Crippen molar-refractivity contribution in [3.63, 3.8) is 0 Å². The second-order valence-corrected chi connectivity index (χ2v) is 5.78. The number of ketones is 1. The van der Waals surface area contributed by atoms with E-state index in [0.717, 1.165) is 5.56 Å². The van der Waals surface area contributed by atoms with Crippen LogP contribution in [0.15, 0.2) is 72.8 Å². The van der Waals surface area contributed by atoms with Gasteiger partial charge in [0.05, 0.1) is 0 Å².